The van der Waals surface area contributed by atoms with Gasteiger partial charge in [0, 0.05) is 19.4 Å². The van der Waals surface area contributed by atoms with Crippen molar-refractivity contribution in [1.82, 2.24) is 15.2 Å². The molecular weight excluding hydrogens is 456 g/mol. The number of nitriles is 1. The monoisotopic (exact) mass is 486 g/mol. The molecule has 0 spiro atoms. The van der Waals surface area contributed by atoms with E-state index in [0.29, 0.717) is 5.56 Å². The first-order chi connectivity index (χ1) is 17.0. The molecule has 0 aliphatic rings. The number of amides is 2. The summed E-state index contributed by atoms with van der Waals surface area (Å²) in [5.74, 6) is -2.01. The van der Waals surface area contributed by atoms with Crippen LogP contribution in [0.2, 0.25) is 0 Å². The highest BCUT2D eigenvalue weighted by Gasteiger charge is 2.35. The van der Waals surface area contributed by atoms with Crippen LogP contribution in [0.4, 0.5) is 0 Å². The lowest BCUT2D eigenvalue weighted by Gasteiger charge is -2.31. The van der Waals surface area contributed by atoms with E-state index in [4.69, 9.17) is 5.26 Å². The zero-order chi connectivity index (χ0) is 26.5. The highest BCUT2D eigenvalue weighted by Crippen LogP contribution is 2.27. The fraction of sp³-hybridized carbons (Fsp3) is 0.286. The number of benzene rings is 2. The van der Waals surface area contributed by atoms with E-state index in [1.165, 1.54) is 7.05 Å². The van der Waals surface area contributed by atoms with Crippen molar-refractivity contribution in [3.05, 3.63) is 72.6 Å². The van der Waals surface area contributed by atoms with Crippen LogP contribution >= 0.6 is 0 Å². The van der Waals surface area contributed by atoms with Crippen molar-refractivity contribution in [1.29, 1.82) is 5.26 Å². The van der Waals surface area contributed by atoms with Crippen molar-refractivity contribution >= 4 is 17.8 Å². The van der Waals surface area contributed by atoms with E-state index in [9.17, 15) is 19.5 Å². The summed E-state index contributed by atoms with van der Waals surface area (Å²) in [5, 5.41) is 23.7. The summed E-state index contributed by atoms with van der Waals surface area (Å²) >= 11 is 0. The van der Waals surface area contributed by atoms with Crippen LogP contribution in [-0.2, 0) is 14.4 Å². The Balaban J connectivity index is 1.84. The molecule has 3 N–H and O–H groups in total. The number of nitrogens with zero attached hydrogens (tertiary/aromatic N) is 2. The number of carbonyl (C=O) groups excluding carboxylic acids is 2. The summed E-state index contributed by atoms with van der Waals surface area (Å²) < 4.78 is 1.57. The van der Waals surface area contributed by atoms with Crippen molar-refractivity contribution in [2.45, 2.75) is 39.3 Å². The second-order valence-corrected chi connectivity index (χ2v) is 9.65. The molecule has 0 unspecified atom stereocenters. The molecule has 1 heterocycles. The molecule has 2 aromatic carbocycles. The van der Waals surface area contributed by atoms with Gasteiger partial charge in [-0.15, -0.1) is 0 Å². The van der Waals surface area contributed by atoms with E-state index in [-0.39, 0.29) is 5.91 Å². The number of hydrogen-bond donors (Lipinski definition) is 3. The summed E-state index contributed by atoms with van der Waals surface area (Å²) in [5.41, 5.74) is 3.74. The molecule has 0 aliphatic carbocycles. The van der Waals surface area contributed by atoms with E-state index in [1.54, 1.807) is 29.1 Å². The molecule has 2 amide bonds. The summed E-state index contributed by atoms with van der Waals surface area (Å²) in [7, 11) is 1.49. The number of carbonyl (C=O) groups is 3. The van der Waals surface area contributed by atoms with Gasteiger partial charge in [-0.2, -0.15) is 5.26 Å². The van der Waals surface area contributed by atoms with E-state index < -0.39 is 35.8 Å². The molecule has 3 aromatic rings. The van der Waals surface area contributed by atoms with Crippen molar-refractivity contribution in [2.75, 3.05) is 7.05 Å². The van der Waals surface area contributed by atoms with Gasteiger partial charge in [0.25, 0.3) is 0 Å². The van der Waals surface area contributed by atoms with Gasteiger partial charge in [-0.3, -0.25) is 14.4 Å². The lowest BCUT2D eigenvalue weighted by Crippen LogP contribution is -2.54. The highest BCUT2D eigenvalue weighted by molar-refractivity contribution is 5.91. The van der Waals surface area contributed by atoms with Crippen LogP contribution in [0, 0.1) is 16.7 Å². The zero-order valence-electron chi connectivity index (χ0n) is 20.8. The maximum absolute atomic E-state index is 13.2. The Kier molecular flexibility index (Phi) is 7.95. The minimum atomic E-state index is -1.12. The van der Waals surface area contributed by atoms with Gasteiger partial charge in [0.15, 0.2) is 0 Å². The quantitative estimate of drug-likeness (QED) is 0.444. The number of carboxylic acid groups (broad SMARTS) is 1. The third kappa shape index (κ3) is 6.19. The van der Waals surface area contributed by atoms with Gasteiger partial charge < -0.3 is 20.3 Å². The minimum Gasteiger partial charge on any atom is -0.481 e. The van der Waals surface area contributed by atoms with Gasteiger partial charge in [0.1, 0.15) is 12.1 Å². The Morgan fingerprint density at radius 3 is 1.92 bits per heavy atom. The van der Waals surface area contributed by atoms with Crippen LogP contribution in [-0.4, -0.2) is 40.5 Å². The third-order valence-electron chi connectivity index (χ3n) is 5.97. The van der Waals surface area contributed by atoms with Crippen molar-refractivity contribution in [2.24, 2.45) is 5.41 Å². The topological polar surface area (TPSA) is 124 Å². The van der Waals surface area contributed by atoms with Gasteiger partial charge in [-0.25, -0.2) is 0 Å². The number of nitrogens with one attached hydrogen (secondary N) is 2. The van der Waals surface area contributed by atoms with Crippen LogP contribution in [0.3, 0.4) is 0 Å². The Labute approximate surface area is 210 Å². The van der Waals surface area contributed by atoms with Crippen LogP contribution in [0.5, 0.6) is 0 Å². The van der Waals surface area contributed by atoms with Gasteiger partial charge in [-0.05, 0) is 45.9 Å². The molecule has 36 heavy (non-hydrogen) atoms. The molecule has 0 saturated carbocycles. The number of likely N-dealkylation sites (N-methyl/N-ethyl adjacent to an activating group) is 1. The largest absolute Gasteiger partial charge is 0.481 e. The number of aliphatic carboxylic acids is 1. The lowest BCUT2D eigenvalue weighted by molar-refractivity contribution is -0.141. The van der Waals surface area contributed by atoms with Crippen LogP contribution in [0.15, 0.2) is 67.0 Å². The smallest absolute Gasteiger partial charge is 0.306 e. The molecule has 0 saturated heterocycles. The van der Waals surface area contributed by atoms with Gasteiger partial charge >= 0.3 is 5.97 Å². The van der Waals surface area contributed by atoms with Crippen molar-refractivity contribution in [3.63, 3.8) is 0 Å². The predicted octanol–water partition coefficient (Wildman–Crippen LogP) is 3.99. The second-order valence-electron chi connectivity index (χ2n) is 9.65. The predicted molar refractivity (Wildman–Crippen MR) is 137 cm³/mol. The molecule has 0 bridgehead atoms. The van der Waals surface area contributed by atoms with Gasteiger partial charge in [0.2, 0.25) is 11.8 Å². The molecule has 8 heteroatoms. The Bertz CT molecular complexity index is 1280. The molecule has 1 aromatic heterocycles. The maximum Gasteiger partial charge on any atom is 0.306 e. The minimum absolute atomic E-state index is 0.347. The first-order valence-corrected chi connectivity index (χ1v) is 11.6. The van der Waals surface area contributed by atoms with Gasteiger partial charge in [-0.1, -0.05) is 57.2 Å². The number of aromatic nitrogens is 1. The average molecular weight is 487 g/mol. The fourth-order valence-corrected chi connectivity index (χ4v) is 3.93. The zero-order valence-corrected chi connectivity index (χ0v) is 20.8. The normalized spacial score (nSPS) is 12.8. The summed E-state index contributed by atoms with van der Waals surface area (Å²) in [6.45, 7) is 5.48. The first kappa shape index (κ1) is 26.2. The summed E-state index contributed by atoms with van der Waals surface area (Å²) in [6, 6.07) is 17.2. The standard InChI is InChI=1S/C28H30N4O4/c1-28(2,3)25(27(36)30-4)31-26(35)23(15-24(33)34)32-14-13-22(17-32)21-11-9-20(10-12-21)19-7-5-18(16-29)6-8-19/h5-14,17,23,25H,15H2,1-4H3,(H,30,36)(H,31,35)(H,33,34)/t23-,25-/m1/s1. The Morgan fingerprint density at radius 1 is 0.917 bits per heavy atom. The van der Waals surface area contributed by atoms with E-state index in [2.05, 4.69) is 16.7 Å². The fourth-order valence-electron chi connectivity index (χ4n) is 3.93. The number of carboxylic acids is 1. The molecule has 0 aliphatic heterocycles. The molecular formula is C28H30N4O4. The number of rotatable bonds is 8. The van der Waals surface area contributed by atoms with Crippen molar-refractivity contribution < 1.29 is 19.5 Å². The van der Waals surface area contributed by atoms with E-state index in [1.807, 2.05) is 63.2 Å². The van der Waals surface area contributed by atoms with E-state index >= 15 is 0 Å². The van der Waals surface area contributed by atoms with E-state index in [0.717, 1.165) is 22.3 Å². The molecule has 8 nitrogen and oxygen atoms in total. The molecule has 0 fully saturated rings. The molecule has 3 rings (SSSR count). The molecule has 0 radical (unpaired) electrons. The highest BCUT2D eigenvalue weighted by atomic mass is 16.4. The SMILES string of the molecule is CNC(=O)[C@@H](NC(=O)[C@@H](CC(=O)O)n1ccc(-c2ccc(-c3ccc(C#N)cc3)cc2)c1)C(C)(C)C. The summed E-state index contributed by atoms with van der Waals surface area (Å²) in [6.07, 6.45) is 2.97. The Morgan fingerprint density at radius 2 is 1.44 bits per heavy atom. The first-order valence-electron chi connectivity index (χ1n) is 11.6. The average Bonchev–Trinajstić information content (AvgIpc) is 3.34. The second kappa shape index (κ2) is 10.9. The molecule has 186 valence electrons. The van der Waals surface area contributed by atoms with Crippen LogP contribution in [0.1, 0.15) is 38.8 Å². The maximum atomic E-state index is 13.2. The molecule has 2 atom stereocenters. The Hall–Kier alpha value is -4.38. The van der Waals surface area contributed by atoms with Gasteiger partial charge in [0.05, 0.1) is 18.1 Å². The van der Waals surface area contributed by atoms with Crippen molar-refractivity contribution in [3.8, 4) is 28.3 Å². The third-order valence-corrected chi connectivity index (χ3v) is 5.97. The summed E-state index contributed by atoms with van der Waals surface area (Å²) in [4.78, 5) is 37.1. The number of hydrogen-bond acceptors (Lipinski definition) is 4. The van der Waals surface area contributed by atoms with Crippen LogP contribution < -0.4 is 10.6 Å². The lowest BCUT2D eigenvalue weighted by atomic mass is 9.86. The van der Waals surface area contributed by atoms with Crippen LogP contribution in [0.25, 0.3) is 22.3 Å².